The standard InChI is InChI=1S/C22H28ClNO.BrH/c1-16-7-12-22(25)21(14-16)20(17-8-10-18(23)11-9-17)15-19-6-4-5-13-24(19,2)3;/h7-12,14,19-20H,4-6,13,15H2,1-3H3;1H. The Kier molecular flexibility index (Phi) is 7.18. The Hall–Kier alpha value is -1.03. The molecule has 4 heteroatoms. The van der Waals surface area contributed by atoms with E-state index in [0.717, 1.165) is 21.5 Å². The molecule has 0 spiro atoms. The minimum atomic E-state index is 0. The second-order valence-corrected chi connectivity index (χ2v) is 8.49. The summed E-state index contributed by atoms with van der Waals surface area (Å²) in [5.74, 6) is 0.587. The molecule has 0 aromatic heterocycles. The second-order valence-electron chi connectivity index (χ2n) is 8.05. The minimum Gasteiger partial charge on any atom is -1.00 e. The van der Waals surface area contributed by atoms with Crippen LogP contribution in [-0.2, 0) is 0 Å². The highest BCUT2D eigenvalue weighted by Gasteiger charge is 2.34. The van der Waals surface area contributed by atoms with Crippen LogP contribution in [0.5, 0.6) is 5.75 Å². The maximum Gasteiger partial charge on any atom is 0.119 e. The van der Waals surface area contributed by atoms with Gasteiger partial charge in [0.1, 0.15) is 5.75 Å². The van der Waals surface area contributed by atoms with Gasteiger partial charge in [0.15, 0.2) is 0 Å². The fourth-order valence-corrected chi connectivity index (χ4v) is 4.32. The number of aromatic hydroxyl groups is 1. The van der Waals surface area contributed by atoms with E-state index in [1.54, 1.807) is 0 Å². The van der Waals surface area contributed by atoms with Crippen LogP contribution < -0.4 is 17.0 Å². The van der Waals surface area contributed by atoms with E-state index in [4.69, 9.17) is 11.6 Å². The van der Waals surface area contributed by atoms with Gasteiger partial charge in [-0.1, -0.05) is 41.4 Å². The van der Waals surface area contributed by atoms with Gasteiger partial charge in [0.25, 0.3) is 0 Å². The Balaban J connectivity index is 0.00000243. The number of hydrogen-bond donors (Lipinski definition) is 1. The van der Waals surface area contributed by atoms with Gasteiger partial charge in [-0.05, 0) is 49.9 Å². The lowest BCUT2D eigenvalue weighted by Gasteiger charge is -2.43. The molecule has 142 valence electrons. The summed E-state index contributed by atoms with van der Waals surface area (Å²) >= 11 is 6.10. The summed E-state index contributed by atoms with van der Waals surface area (Å²) in [7, 11) is 4.69. The summed E-state index contributed by atoms with van der Waals surface area (Å²) < 4.78 is 1.07. The summed E-state index contributed by atoms with van der Waals surface area (Å²) in [6.45, 7) is 3.32. The van der Waals surface area contributed by atoms with Crippen LogP contribution >= 0.6 is 11.6 Å². The van der Waals surface area contributed by atoms with Gasteiger partial charge < -0.3 is 26.6 Å². The largest absolute Gasteiger partial charge is 1.00 e. The number of rotatable bonds is 4. The number of phenols is 1. The average molecular weight is 439 g/mol. The van der Waals surface area contributed by atoms with Crippen molar-refractivity contribution in [1.29, 1.82) is 0 Å². The van der Waals surface area contributed by atoms with Crippen molar-refractivity contribution in [3.8, 4) is 5.75 Å². The Morgan fingerprint density at radius 2 is 1.81 bits per heavy atom. The number of quaternary nitrogens is 1. The van der Waals surface area contributed by atoms with Crippen LogP contribution in [0.25, 0.3) is 0 Å². The van der Waals surface area contributed by atoms with Crippen LogP contribution in [0.15, 0.2) is 42.5 Å². The van der Waals surface area contributed by atoms with E-state index in [9.17, 15) is 5.11 Å². The van der Waals surface area contributed by atoms with E-state index < -0.39 is 0 Å². The van der Waals surface area contributed by atoms with Crippen LogP contribution in [0.2, 0.25) is 5.02 Å². The molecule has 26 heavy (non-hydrogen) atoms. The van der Waals surface area contributed by atoms with Gasteiger partial charge in [-0.2, -0.15) is 0 Å². The van der Waals surface area contributed by atoms with Gasteiger partial charge in [-0.25, -0.2) is 0 Å². The van der Waals surface area contributed by atoms with Gasteiger partial charge >= 0.3 is 0 Å². The molecule has 2 atom stereocenters. The van der Waals surface area contributed by atoms with Crippen molar-refractivity contribution in [3.05, 3.63) is 64.2 Å². The molecule has 2 unspecified atom stereocenters. The van der Waals surface area contributed by atoms with Gasteiger partial charge in [-0.3, -0.25) is 0 Å². The number of hydrogen-bond acceptors (Lipinski definition) is 1. The normalized spacial score (nSPS) is 20.2. The third kappa shape index (κ3) is 4.82. The van der Waals surface area contributed by atoms with Crippen molar-refractivity contribution in [2.24, 2.45) is 0 Å². The molecule has 0 aliphatic carbocycles. The van der Waals surface area contributed by atoms with E-state index in [1.165, 1.54) is 36.9 Å². The van der Waals surface area contributed by atoms with Crippen LogP contribution in [0, 0.1) is 6.92 Å². The number of aryl methyl sites for hydroxylation is 1. The third-order valence-corrected chi connectivity index (χ3v) is 6.10. The van der Waals surface area contributed by atoms with Gasteiger partial charge in [0, 0.05) is 22.9 Å². The molecule has 3 rings (SSSR count). The summed E-state index contributed by atoms with van der Waals surface area (Å²) in [5.41, 5.74) is 3.45. The fraction of sp³-hybridized carbons (Fsp3) is 0.455. The minimum absolute atomic E-state index is 0. The first kappa shape index (κ1) is 21.3. The molecule has 0 radical (unpaired) electrons. The molecule has 1 aliphatic heterocycles. The fourth-order valence-electron chi connectivity index (χ4n) is 4.20. The summed E-state index contributed by atoms with van der Waals surface area (Å²) in [4.78, 5) is 0. The zero-order valence-corrected chi connectivity index (χ0v) is 18.2. The molecule has 1 heterocycles. The lowest BCUT2D eigenvalue weighted by atomic mass is 9.82. The lowest BCUT2D eigenvalue weighted by Crippen LogP contribution is -3.00. The smallest absolute Gasteiger partial charge is 0.119 e. The zero-order valence-electron chi connectivity index (χ0n) is 15.9. The number of benzene rings is 2. The maximum absolute atomic E-state index is 10.5. The molecule has 0 bridgehead atoms. The predicted molar refractivity (Wildman–Crippen MR) is 105 cm³/mol. The SMILES string of the molecule is Cc1ccc(O)c(C(CC2CCCC[N+]2(C)C)c2ccc(Cl)cc2)c1.[Br-]. The number of nitrogens with zero attached hydrogens (tertiary/aromatic N) is 1. The monoisotopic (exact) mass is 437 g/mol. The molecule has 2 nitrogen and oxygen atoms in total. The van der Waals surface area contributed by atoms with Crippen molar-refractivity contribution in [2.75, 3.05) is 20.6 Å². The van der Waals surface area contributed by atoms with E-state index in [-0.39, 0.29) is 22.9 Å². The van der Waals surface area contributed by atoms with Crippen molar-refractivity contribution in [1.82, 2.24) is 0 Å². The van der Waals surface area contributed by atoms with Crippen LogP contribution in [0.3, 0.4) is 0 Å². The Bertz CT molecular complexity index is 729. The second kappa shape index (κ2) is 8.77. The van der Waals surface area contributed by atoms with Gasteiger partial charge in [-0.15, -0.1) is 0 Å². The molecule has 0 saturated carbocycles. The number of likely N-dealkylation sites (tertiary alicyclic amines) is 1. The predicted octanol–water partition coefficient (Wildman–Crippen LogP) is 2.51. The number of phenolic OH excluding ortho intramolecular Hbond substituents is 1. The Morgan fingerprint density at radius 3 is 2.46 bits per heavy atom. The first-order valence-electron chi connectivity index (χ1n) is 9.24. The van der Waals surface area contributed by atoms with Crippen LogP contribution in [-0.4, -0.2) is 36.3 Å². The maximum atomic E-state index is 10.5. The van der Waals surface area contributed by atoms with Crippen molar-refractivity contribution >= 4 is 11.6 Å². The average Bonchev–Trinajstić information content (AvgIpc) is 2.57. The quantitative estimate of drug-likeness (QED) is 0.727. The number of halogens is 2. The number of piperidine rings is 1. The molecule has 1 fully saturated rings. The molecule has 1 saturated heterocycles. The summed E-state index contributed by atoms with van der Waals surface area (Å²) in [6.07, 6.45) is 4.92. The Labute approximate surface area is 173 Å². The van der Waals surface area contributed by atoms with E-state index in [0.29, 0.717) is 11.8 Å². The molecule has 1 aliphatic rings. The highest BCUT2D eigenvalue weighted by atomic mass is 79.9. The molecular formula is C22H29BrClNO. The van der Waals surface area contributed by atoms with Gasteiger partial charge in [0.05, 0.1) is 26.7 Å². The summed E-state index contributed by atoms with van der Waals surface area (Å²) in [6, 6.07) is 14.7. The van der Waals surface area contributed by atoms with Crippen molar-refractivity contribution in [3.63, 3.8) is 0 Å². The first-order chi connectivity index (χ1) is 11.9. The van der Waals surface area contributed by atoms with Crippen molar-refractivity contribution in [2.45, 2.75) is 44.6 Å². The molecule has 2 aromatic rings. The van der Waals surface area contributed by atoms with Gasteiger partial charge in [0.2, 0.25) is 0 Å². The zero-order chi connectivity index (χ0) is 18.0. The third-order valence-electron chi connectivity index (χ3n) is 5.85. The summed E-state index contributed by atoms with van der Waals surface area (Å²) in [5, 5.41) is 11.3. The highest BCUT2D eigenvalue weighted by molar-refractivity contribution is 6.30. The van der Waals surface area contributed by atoms with E-state index >= 15 is 0 Å². The highest BCUT2D eigenvalue weighted by Crippen LogP contribution is 2.39. The lowest BCUT2D eigenvalue weighted by molar-refractivity contribution is -0.920. The van der Waals surface area contributed by atoms with Crippen LogP contribution in [0.4, 0.5) is 0 Å². The topological polar surface area (TPSA) is 20.2 Å². The molecule has 2 aromatic carbocycles. The van der Waals surface area contributed by atoms with E-state index in [1.807, 2.05) is 24.3 Å². The Morgan fingerprint density at radius 1 is 1.12 bits per heavy atom. The molecule has 1 N–H and O–H groups in total. The van der Waals surface area contributed by atoms with Crippen LogP contribution in [0.1, 0.15) is 48.3 Å². The van der Waals surface area contributed by atoms with Crippen molar-refractivity contribution < 1.29 is 26.6 Å². The molecule has 0 amide bonds. The van der Waals surface area contributed by atoms with E-state index in [2.05, 4.69) is 39.2 Å². The molecular weight excluding hydrogens is 410 g/mol. The first-order valence-corrected chi connectivity index (χ1v) is 9.62.